The van der Waals surface area contributed by atoms with E-state index in [1.165, 1.54) is 6.92 Å². The Labute approximate surface area is 126 Å². The molecular formula is C14H17IO4. The fourth-order valence-corrected chi connectivity index (χ4v) is 1.65. The first-order chi connectivity index (χ1) is 8.90. The summed E-state index contributed by atoms with van der Waals surface area (Å²) in [4.78, 5) is 22.8. The number of esters is 2. The standard InChI is InChI=1S/C14H17IO4/c1-9(2)14(15)19-13(17)8-11-6-4-5-7-12(11)18-10(3)16/h4-7,9,14H,8H2,1-3H3. The van der Waals surface area contributed by atoms with Gasteiger partial charge in [-0.3, -0.25) is 9.59 Å². The molecule has 0 amide bonds. The molecule has 5 heteroatoms. The Balaban J connectivity index is 2.71. The van der Waals surface area contributed by atoms with E-state index in [0.29, 0.717) is 11.3 Å². The van der Waals surface area contributed by atoms with E-state index in [1.54, 1.807) is 24.3 Å². The fourth-order valence-electron chi connectivity index (χ4n) is 1.36. The van der Waals surface area contributed by atoms with Gasteiger partial charge in [0, 0.05) is 12.5 Å². The summed E-state index contributed by atoms with van der Waals surface area (Å²) in [6, 6.07) is 6.95. The maximum atomic E-state index is 11.8. The maximum Gasteiger partial charge on any atom is 0.311 e. The van der Waals surface area contributed by atoms with E-state index in [-0.39, 0.29) is 22.4 Å². The monoisotopic (exact) mass is 376 g/mol. The Hall–Kier alpha value is -1.11. The summed E-state index contributed by atoms with van der Waals surface area (Å²) < 4.78 is 10.2. The number of carbonyl (C=O) groups excluding carboxylic acids is 2. The molecule has 0 saturated heterocycles. The molecule has 0 aliphatic heterocycles. The lowest BCUT2D eigenvalue weighted by Crippen LogP contribution is -2.19. The first-order valence-corrected chi connectivity index (χ1v) is 7.24. The third-order valence-electron chi connectivity index (χ3n) is 2.33. The highest BCUT2D eigenvalue weighted by molar-refractivity contribution is 14.1. The Morgan fingerprint density at radius 2 is 1.89 bits per heavy atom. The summed E-state index contributed by atoms with van der Waals surface area (Å²) in [6.07, 6.45) is 0.0929. The molecule has 1 rings (SSSR count). The molecule has 0 aliphatic carbocycles. The SMILES string of the molecule is CC(=O)Oc1ccccc1CC(=O)OC(I)C(C)C. The molecule has 0 saturated carbocycles. The molecule has 0 aromatic heterocycles. The van der Waals surface area contributed by atoms with Gasteiger partial charge in [0.05, 0.1) is 6.42 Å². The predicted molar refractivity (Wildman–Crippen MR) is 80.2 cm³/mol. The molecule has 0 spiro atoms. The van der Waals surface area contributed by atoms with Gasteiger partial charge >= 0.3 is 11.9 Å². The van der Waals surface area contributed by atoms with Gasteiger partial charge in [0.1, 0.15) is 5.75 Å². The molecule has 1 aromatic rings. The molecule has 0 radical (unpaired) electrons. The predicted octanol–water partition coefficient (Wildman–Crippen LogP) is 3.11. The Kier molecular flexibility index (Phi) is 6.27. The Morgan fingerprint density at radius 3 is 2.47 bits per heavy atom. The molecule has 0 N–H and O–H groups in total. The van der Waals surface area contributed by atoms with Gasteiger partial charge in [-0.1, -0.05) is 32.0 Å². The number of alkyl halides is 1. The highest BCUT2D eigenvalue weighted by Crippen LogP contribution is 2.21. The minimum Gasteiger partial charge on any atom is -0.451 e. The molecular weight excluding hydrogens is 359 g/mol. The van der Waals surface area contributed by atoms with E-state index < -0.39 is 5.97 Å². The number of hydrogen-bond donors (Lipinski definition) is 0. The van der Waals surface area contributed by atoms with Crippen molar-refractivity contribution < 1.29 is 19.1 Å². The molecule has 1 aromatic carbocycles. The van der Waals surface area contributed by atoms with Gasteiger partial charge in [-0.2, -0.15) is 0 Å². The van der Waals surface area contributed by atoms with E-state index in [1.807, 2.05) is 13.8 Å². The van der Waals surface area contributed by atoms with Crippen LogP contribution in [0.1, 0.15) is 26.3 Å². The van der Waals surface area contributed by atoms with Crippen LogP contribution in [-0.2, 0) is 20.7 Å². The summed E-state index contributed by atoms with van der Waals surface area (Å²) >= 11 is 2.09. The number of rotatable bonds is 5. The van der Waals surface area contributed by atoms with Crippen molar-refractivity contribution in [1.29, 1.82) is 0 Å². The quantitative estimate of drug-likeness (QED) is 0.343. The molecule has 0 fully saturated rings. The van der Waals surface area contributed by atoms with E-state index in [0.717, 1.165) is 0 Å². The van der Waals surface area contributed by atoms with E-state index in [9.17, 15) is 9.59 Å². The van der Waals surface area contributed by atoms with Gasteiger partial charge in [-0.25, -0.2) is 0 Å². The van der Waals surface area contributed by atoms with E-state index in [4.69, 9.17) is 9.47 Å². The molecule has 1 atom stereocenters. The van der Waals surface area contributed by atoms with Crippen molar-refractivity contribution in [3.8, 4) is 5.75 Å². The van der Waals surface area contributed by atoms with Crippen LogP contribution in [0.4, 0.5) is 0 Å². The van der Waals surface area contributed by atoms with Crippen molar-refractivity contribution in [3.63, 3.8) is 0 Å². The minimum absolute atomic E-state index is 0.0929. The van der Waals surface area contributed by atoms with Crippen molar-refractivity contribution in [3.05, 3.63) is 29.8 Å². The summed E-state index contributed by atoms with van der Waals surface area (Å²) in [6.45, 7) is 5.29. The second-order valence-corrected chi connectivity index (χ2v) is 5.69. The average molecular weight is 376 g/mol. The molecule has 4 nitrogen and oxygen atoms in total. The fraction of sp³-hybridized carbons (Fsp3) is 0.429. The lowest BCUT2D eigenvalue weighted by Gasteiger charge is -2.15. The second kappa shape index (κ2) is 7.47. The molecule has 1 unspecified atom stereocenters. The van der Waals surface area contributed by atoms with Gasteiger partial charge in [0.25, 0.3) is 0 Å². The van der Waals surface area contributed by atoms with Gasteiger partial charge in [-0.05, 0) is 34.6 Å². The van der Waals surface area contributed by atoms with Crippen LogP contribution in [0.2, 0.25) is 0 Å². The molecule has 0 heterocycles. The first-order valence-electron chi connectivity index (χ1n) is 6.00. The lowest BCUT2D eigenvalue weighted by atomic mass is 10.1. The average Bonchev–Trinajstić information content (AvgIpc) is 2.30. The van der Waals surface area contributed by atoms with Gasteiger partial charge in [0.2, 0.25) is 0 Å². The van der Waals surface area contributed by atoms with Crippen LogP contribution in [0.3, 0.4) is 0 Å². The normalized spacial score (nSPS) is 12.1. The van der Waals surface area contributed by atoms with E-state index in [2.05, 4.69) is 22.6 Å². The zero-order chi connectivity index (χ0) is 14.4. The van der Waals surface area contributed by atoms with Crippen LogP contribution in [0.25, 0.3) is 0 Å². The van der Waals surface area contributed by atoms with Crippen molar-refractivity contribution >= 4 is 34.5 Å². The van der Waals surface area contributed by atoms with Crippen molar-refractivity contribution in [2.75, 3.05) is 0 Å². The molecule has 0 bridgehead atoms. The summed E-state index contributed by atoms with van der Waals surface area (Å²) in [7, 11) is 0. The largest absolute Gasteiger partial charge is 0.451 e. The number of hydrogen-bond acceptors (Lipinski definition) is 4. The van der Waals surface area contributed by atoms with Crippen LogP contribution in [0, 0.1) is 5.92 Å². The van der Waals surface area contributed by atoms with Crippen LogP contribution in [0.15, 0.2) is 24.3 Å². The minimum atomic E-state index is -0.408. The number of carbonyl (C=O) groups is 2. The van der Waals surface area contributed by atoms with Crippen molar-refractivity contribution in [2.45, 2.75) is 31.3 Å². The number of halogens is 1. The Bertz CT molecular complexity index is 457. The van der Waals surface area contributed by atoms with E-state index >= 15 is 0 Å². The highest BCUT2D eigenvalue weighted by Gasteiger charge is 2.16. The number of para-hydroxylation sites is 1. The molecule has 0 aliphatic rings. The van der Waals surface area contributed by atoms with Crippen LogP contribution >= 0.6 is 22.6 Å². The first kappa shape index (κ1) is 15.9. The summed E-state index contributed by atoms with van der Waals surface area (Å²) in [5, 5.41) is 0. The summed E-state index contributed by atoms with van der Waals surface area (Å²) in [5.74, 6) is -0.0720. The third kappa shape index (κ3) is 5.59. The lowest BCUT2D eigenvalue weighted by molar-refractivity contribution is -0.145. The second-order valence-electron chi connectivity index (χ2n) is 4.46. The summed E-state index contributed by atoms with van der Waals surface area (Å²) in [5.41, 5.74) is 0.648. The smallest absolute Gasteiger partial charge is 0.311 e. The maximum absolute atomic E-state index is 11.8. The number of benzene rings is 1. The van der Waals surface area contributed by atoms with Gasteiger partial charge in [-0.15, -0.1) is 0 Å². The van der Waals surface area contributed by atoms with Gasteiger partial charge < -0.3 is 9.47 Å². The third-order valence-corrected chi connectivity index (χ3v) is 4.02. The Morgan fingerprint density at radius 1 is 1.26 bits per heavy atom. The van der Waals surface area contributed by atoms with Crippen LogP contribution in [-0.4, -0.2) is 16.0 Å². The van der Waals surface area contributed by atoms with Crippen LogP contribution < -0.4 is 4.74 Å². The topological polar surface area (TPSA) is 52.6 Å². The zero-order valence-corrected chi connectivity index (χ0v) is 13.3. The van der Waals surface area contributed by atoms with Crippen molar-refractivity contribution in [1.82, 2.24) is 0 Å². The molecule has 104 valence electrons. The zero-order valence-electron chi connectivity index (χ0n) is 11.2. The van der Waals surface area contributed by atoms with Crippen LogP contribution in [0.5, 0.6) is 5.75 Å². The van der Waals surface area contributed by atoms with Crippen molar-refractivity contribution in [2.24, 2.45) is 5.92 Å². The number of ether oxygens (including phenoxy) is 2. The molecule has 19 heavy (non-hydrogen) atoms. The highest BCUT2D eigenvalue weighted by atomic mass is 127. The van der Waals surface area contributed by atoms with Gasteiger partial charge in [0.15, 0.2) is 4.11 Å².